The standard InChI is InChI=1S/C22H24F3N3O2/c1-26-21(29)16-11-28(12-16)10-14-2-6-18(7-3-14)30-13-17-8-19(15-4-5-15)20(9-27-17)22(23,24)25/h2-3,6-9,15-16H,4-5,10-13H2,1H3,(H,26,29). The minimum absolute atomic E-state index is 0.0211. The zero-order chi connectivity index (χ0) is 21.3. The van der Waals surface area contributed by atoms with Gasteiger partial charge in [-0.3, -0.25) is 14.7 Å². The van der Waals surface area contributed by atoms with Crippen LogP contribution in [-0.4, -0.2) is 35.9 Å². The average molecular weight is 419 g/mol. The summed E-state index contributed by atoms with van der Waals surface area (Å²) >= 11 is 0. The first-order valence-electron chi connectivity index (χ1n) is 10.0. The van der Waals surface area contributed by atoms with E-state index in [0.717, 1.165) is 44.2 Å². The summed E-state index contributed by atoms with van der Waals surface area (Å²) in [5.74, 6) is 0.763. The lowest BCUT2D eigenvalue weighted by molar-refractivity contribution is -0.138. The second kappa shape index (κ2) is 8.26. The zero-order valence-electron chi connectivity index (χ0n) is 16.7. The second-order valence-corrected chi connectivity index (χ2v) is 7.97. The number of alkyl halides is 3. The van der Waals surface area contributed by atoms with Crippen molar-refractivity contribution in [3.63, 3.8) is 0 Å². The topological polar surface area (TPSA) is 54.5 Å². The number of nitrogens with one attached hydrogen (secondary N) is 1. The molecule has 8 heteroatoms. The molecular weight excluding hydrogens is 395 g/mol. The Hall–Kier alpha value is -2.61. The fourth-order valence-corrected chi connectivity index (χ4v) is 3.74. The maximum absolute atomic E-state index is 13.2. The van der Waals surface area contributed by atoms with Crippen LogP contribution in [0.5, 0.6) is 5.75 Å². The van der Waals surface area contributed by atoms with Crippen LogP contribution in [0.2, 0.25) is 0 Å². The molecule has 1 saturated heterocycles. The molecule has 160 valence electrons. The molecule has 2 aliphatic rings. The molecule has 2 aromatic rings. The lowest BCUT2D eigenvalue weighted by Crippen LogP contribution is -2.52. The van der Waals surface area contributed by atoms with E-state index in [1.165, 1.54) is 6.07 Å². The van der Waals surface area contributed by atoms with Crippen molar-refractivity contribution in [1.82, 2.24) is 15.2 Å². The molecule has 1 aliphatic heterocycles. The van der Waals surface area contributed by atoms with Crippen molar-refractivity contribution in [1.29, 1.82) is 0 Å². The minimum atomic E-state index is -4.38. The van der Waals surface area contributed by atoms with Crippen LogP contribution < -0.4 is 10.1 Å². The van der Waals surface area contributed by atoms with Gasteiger partial charge < -0.3 is 10.1 Å². The summed E-state index contributed by atoms with van der Waals surface area (Å²) in [4.78, 5) is 17.7. The minimum Gasteiger partial charge on any atom is -0.487 e. The van der Waals surface area contributed by atoms with Crippen LogP contribution >= 0.6 is 0 Å². The lowest BCUT2D eigenvalue weighted by Gasteiger charge is -2.38. The summed E-state index contributed by atoms with van der Waals surface area (Å²) in [5, 5.41) is 2.67. The molecule has 5 nitrogen and oxygen atoms in total. The number of carbonyl (C=O) groups excluding carboxylic acids is 1. The van der Waals surface area contributed by atoms with Crippen LogP contribution in [-0.2, 0) is 24.1 Å². The molecule has 1 aromatic carbocycles. The van der Waals surface area contributed by atoms with E-state index in [0.29, 0.717) is 17.0 Å². The Balaban J connectivity index is 1.31. The van der Waals surface area contributed by atoms with E-state index in [-0.39, 0.29) is 24.3 Å². The smallest absolute Gasteiger partial charge is 0.418 e. The van der Waals surface area contributed by atoms with Gasteiger partial charge in [0, 0.05) is 32.9 Å². The van der Waals surface area contributed by atoms with Crippen LogP contribution in [0.4, 0.5) is 13.2 Å². The molecule has 0 radical (unpaired) electrons. The number of likely N-dealkylation sites (tertiary alicyclic amines) is 1. The molecule has 1 aliphatic carbocycles. The zero-order valence-corrected chi connectivity index (χ0v) is 16.7. The molecule has 0 bridgehead atoms. The Morgan fingerprint density at radius 2 is 1.93 bits per heavy atom. The van der Waals surface area contributed by atoms with E-state index in [1.807, 2.05) is 24.3 Å². The number of carbonyl (C=O) groups is 1. The van der Waals surface area contributed by atoms with E-state index in [9.17, 15) is 18.0 Å². The van der Waals surface area contributed by atoms with Crippen LogP contribution in [0.25, 0.3) is 0 Å². The van der Waals surface area contributed by atoms with Crippen molar-refractivity contribution in [3.05, 3.63) is 58.9 Å². The number of hydrogen-bond donors (Lipinski definition) is 1. The van der Waals surface area contributed by atoms with Gasteiger partial charge in [0.05, 0.1) is 17.2 Å². The maximum atomic E-state index is 13.2. The number of benzene rings is 1. The fraction of sp³-hybridized carbons (Fsp3) is 0.455. The Morgan fingerprint density at radius 3 is 2.53 bits per heavy atom. The summed E-state index contributed by atoms with van der Waals surface area (Å²) in [6.07, 6.45) is -1.88. The van der Waals surface area contributed by atoms with E-state index < -0.39 is 11.7 Å². The summed E-state index contributed by atoms with van der Waals surface area (Å²) in [6, 6.07) is 9.13. The van der Waals surface area contributed by atoms with E-state index in [1.54, 1.807) is 7.05 Å². The lowest BCUT2D eigenvalue weighted by atomic mass is 9.98. The molecule has 30 heavy (non-hydrogen) atoms. The van der Waals surface area contributed by atoms with E-state index in [2.05, 4.69) is 15.2 Å². The molecule has 0 unspecified atom stereocenters. The molecule has 1 saturated carbocycles. The number of rotatable bonds is 7. The number of halogens is 3. The molecule has 0 spiro atoms. The first-order chi connectivity index (χ1) is 14.3. The van der Waals surface area contributed by atoms with Crippen LogP contribution in [0.3, 0.4) is 0 Å². The van der Waals surface area contributed by atoms with Crippen LogP contribution in [0.1, 0.15) is 41.1 Å². The van der Waals surface area contributed by atoms with Crippen LogP contribution in [0, 0.1) is 5.92 Å². The van der Waals surface area contributed by atoms with Gasteiger partial charge in [-0.2, -0.15) is 13.2 Å². The predicted octanol–water partition coefficient (Wildman–Crippen LogP) is 3.73. The summed E-state index contributed by atoms with van der Waals surface area (Å²) < 4.78 is 45.2. The predicted molar refractivity (Wildman–Crippen MR) is 105 cm³/mol. The van der Waals surface area contributed by atoms with Crippen LogP contribution in [0.15, 0.2) is 36.5 Å². The normalized spacial score (nSPS) is 17.5. The van der Waals surface area contributed by atoms with Gasteiger partial charge >= 0.3 is 6.18 Å². The SMILES string of the molecule is CNC(=O)C1CN(Cc2ccc(OCc3cc(C4CC4)c(C(F)(F)F)cn3)cc2)C1. The highest BCUT2D eigenvalue weighted by Crippen LogP contribution is 2.45. The van der Waals surface area contributed by atoms with Crippen molar-refractivity contribution >= 4 is 5.91 Å². The van der Waals surface area contributed by atoms with Crippen molar-refractivity contribution in [2.45, 2.75) is 38.1 Å². The second-order valence-electron chi connectivity index (χ2n) is 7.97. The quantitative estimate of drug-likeness (QED) is 0.743. The number of ether oxygens (including phenoxy) is 1. The largest absolute Gasteiger partial charge is 0.487 e. The highest BCUT2D eigenvalue weighted by molar-refractivity contribution is 5.79. The van der Waals surface area contributed by atoms with Gasteiger partial charge in [-0.25, -0.2) is 0 Å². The van der Waals surface area contributed by atoms with Gasteiger partial charge in [0.25, 0.3) is 0 Å². The summed E-state index contributed by atoms with van der Waals surface area (Å²) in [7, 11) is 1.65. The number of amides is 1. The van der Waals surface area contributed by atoms with Crippen molar-refractivity contribution < 1.29 is 22.7 Å². The highest BCUT2D eigenvalue weighted by atomic mass is 19.4. The first kappa shape index (κ1) is 20.7. The Morgan fingerprint density at radius 1 is 1.23 bits per heavy atom. The third-order valence-electron chi connectivity index (χ3n) is 5.61. The highest BCUT2D eigenvalue weighted by Gasteiger charge is 2.38. The average Bonchev–Trinajstić information content (AvgIpc) is 3.53. The first-order valence-corrected chi connectivity index (χ1v) is 10.0. The molecule has 2 heterocycles. The fourth-order valence-electron chi connectivity index (χ4n) is 3.74. The Bertz CT molecular complexity index is 905. The molecular formula is C22H24F3N3O2. The summed E-state index contributed by atoms with van der Waals surface area (Å²) in [6.45, 7) is 2.39. The molecule has 1 aromatic heterocycles. The van der Waals surface area contributed by atoms with Gasteiger partial charge in [-0.15, -0.1) is 0 Å². The molecule has 0 atom stereocenters. The van der Waals surface area contributed by atoms with E-state index in [4.69, 9.17) is 4.74 Å². The monoisotopic (exact) mass is 419 g/mol. The maximum Gasteiger partial charge on any atom is 0.418 e. The number of aromatic nitrogens is 1. The van der Waals surface area contributed by atoms with Crippen molar-refractivity contribution in [3.8, 4) is 5.75 Å². The van der Waals surface area contributed by atoms with Crippen molar-refractivity contribution in [2.24, 2.45) is 5.92 Å². The molecule has 4 rings (SSSR count). The number of hydrogen-bond acceptors (Lipinski definition) is 4. The van der Waals surface area contributed by atoms with Gasteiger partial charge in [-0.1, -0.05) is 12.1 Å². The number of pyridine rings is 1. The van der Waals surface area contributed by atoms with Gasteiger partial charge in [0.2, 0.25) is 5.91 Å². The molecule has 2 fully saturated rings. The third-order valence-corrected chi connectivity index (χ3v) is 5.61. The third kappa shape index (κ3) is 4.75. The van der Waals surface area contributed by atoms with Gasteiger partial charge in [-0.05, 0) is 48.1 Å². The Labute approximate surface area is 173 Å². The van der Waals surface area contributed by atoms with Gasteiger partial charge in [0.15, 0.2) is 0 Å². The Kier molecular flexibility index (Phi) is 5.69. The molecule has 1 N–H and O–H groups in total. The number of nitrogens with zero attached hydrogens (tertiary/aromatic N) is 2. The van der Waals surface area contributed by atoms with E-state index >= 15 is 0 Å². The van der Waals surface area contributed by atoms with Crippen molar-refractivity contribution in [2.75, 3.05) is 20.1 Å². The van der Waals surface area contributed by atoms with Gasteiger partial charge in [0.1, 0.15) is 12.4 Å². The summed E-state index contributed by atoms with van der Waals surface area (Å²) in [5.41, 5.74) is 1.30. The molecule has 1 amide bonds.